The van der Waals surface area contributed by atoms with Gasteiger partial charge in [0.15, 0.2) is 0 Å². The van der Waals surface area contributed by atoms with Crippen molar-refractivity contribution in [2.75, 3.05) is 33.2 Å². The minimum Gasteiger partial charge on any atom is -0.358 e. The lowest BCUT2D eigenvalue weighted by Gasteiger charge is -2.38. The van der Waals surface area contributed by atoms with E-state index >= 15 is 0 Å². The fourth-order valence-electron chi connectivity index (χ4n) is 1.97. The first-order valence-corrected chi connectivity index (χ1v) is 5.60. The second-order valence-corrected chi connectivity index (χ2v) is 5.37. The SMILES string of the molecule is CNC(=O)C1CNCCN1CC(C)(C)C. The molecular formula is C11H23N3O. The Labute approximate surface area is 92.4 Å². The molecule has 4 nitrogen and oxygen atoms in total. The van der Waals surface area contributed by atoms with Crippen LogP contribution in [0, 0.1) is 5.41 Å². The zero-order valence-corrected chi connectivity index (χ0v) is 10.3. The molecule has 0 aromatic rings. The predicted molar refractivity (Wildman–Crippen MR) is 61.8 cm³/mol. The van der Waals surface area contributed by atoms with Crippen molar-refractivity contribution in [2.45, 2.75) is 26.8 Å². The smallest absolute Gasteiger partial charge is 0.238 e. The van der Waals surface area contributed by atoms with E-state index in [2.05, 4.69) is 36.3 Å². The molecule has 1 fully saturated rings. The molecule has 1 amide bonds. The summed E-state index contributed by atoms with van der Waals surface area (Å²) in [6, 6.07) is -0.0111. The number of rotatable bonds is 2. The van der Waals surface area contributed by atoms with Crippen molar-refractivity contribution in [1.29, 1.82) is 0 Å². The standard InChI is InChI=1S/C11H23N3O/c1-11(2,3)8-14-6-5-13-7-9(14)10(15)12-4/h9,13H,5-8H2,1-4H3,(H,12,15). The summed E-state index contributed by atoms with van der Waals surface area (Å²) in [6.07, 6.45) is 0. The molecule has 1 aliphatic heterocycles. The average molecular weight is 213 g/mol. The molecule has 0 spiro atoms. The number of amides is 1. The van der Waals surface area contributed by atoms with Gasteiger partial charge in [0.1, 0.15) is 6.04 Å². The summed E-state index contributed by atoms with van der Waals surface area (Å²) in [6.45, 7) is 10.3. The maximum atomic E-state index is 11.7. The molecule has 2 N–H and O–H groups in total. The molecule has 0 aromatic carbocycles. The van der Waals surface area contributed by atoms with Gasteiger partial charge in [0.05, 0.1) is 0 Å². The number of piperazine rings is 1. The Balaban J connectivity index is 2.61. The van der Waals surface area contributed by atoms with Crippen molar-refractivity contribution in [2.24, 2.45) is 5.41 Å². The minimum atomic E-state index is -0.0111. The Hall–Kier alpha value is -0.610. The molecule has 1 saturated heterocycles. The molecule has 0 bridgehead atoms. The monoisotopic (exact) mass is 213 g/mol. The number of nitrogens with one attached hydrogen (secondary N) is 2. The summed E-state index contributed by atoms with van der Waals surface area (Å²) < 4.78 is 0. The van der Waals surface area contributed by atoms with Gasteiger partial charge in [-0.25, -0.2) is 0 Å². The van der Waals surface area contributed by atoms with E-state index in [1.165, 1.54) is 0 Å². The van der Waals surface area contributed by atoms with Crippen molar-refractivity contribution in [3.8, 4) is 0 Å². The molecule has 1 aliphatic rings. The number of likely N-dealkylation sites (N-methyl/N-ethyl adjacent to an activating group) is 1. The molecule has 1 atom stereocenters. The van der Waals surface area contributed by atoms with Gasteiger partial charge in [-0.2, -0.15) is 0 Å². The number of nitrogens with zero attached hydrogens (tertiary/aromatic N) is 1. The zero-order chi connectivity index (χ0) is 11.5. The molecule has 1 heterocycles. The van der Waals surface area contributed by atoms with Gasteiger partial charge in [-0.1, -0.05) is 20.8 Å². The molecule has 0 radical (unpaired) electrons. The summed E-state index contributed by atoms with van der Waals surface area (Å²) in [5.74, 6) is 0.117. The molecule has 0 aromatic heterocycles. The fraction of sp³-hybridized carbons (Fsp3) is 0.909. The summed E-state index contributed by atoms with van der Waals surface area (Å²) in [5.41, 5.74) is 0.240. The first-order valence-electron chi connectivity index (χ1n) is 5.60. The molecule has 88 valence electrons. The van der Waals surface area contributed by atoms with Crippen LogP contribution in [0.4, 0.5) is 0 Å². The average Bonchev–Trinajstić information content (AvgIpc) is 2.15. The Bertz CT molecular complexity index is 222. The molecule has 1 rings (SSSR count). The lowest BCUT2D eigenvalue weighted by molar-refractivity contribution is -0.127. The van der Waals surface area contributed by atoms with Crippen molar-refractivity contribution in [3.63, 3.8) is 0 Å². The van der Waals surface area contributed by atoms with Gasteiger partial charge < -0.3 is 10.6 Å². The Kier molecular flexibility index (Phi) is 4.11. The Morgan fingerprint density at radius 2 is 2.20 bits per heavy atom. The fourth-order valence-corrected chi connectivity index (χ4v) is 1.97. The number of carbonyl (C=O) groups excluding carboxylic acids is 1. The van der Waals surface area contributed by atoms with Crippen LogP contribution in [0.2, 0.25) is 0 Å². The Morgan fingerprint density at radius 3 is 2.73 bits per heavy atom. The van der Waals surface area contributed by atoms with Crippen LogP contribution in [0.1, 0.15) is 20.8 Å². The molecular weight excluding hydrogens is 190 g/mol. The van der Waals surface area contributed by atoms with Gasteiger partial charge in [-0.3, -0.25) is 9.69 Å². The van der Waals surface area contributed by atoms with Crippen molar-refractivity contribution in [1.82, 2.24) is 15.5 Å². The number of hydrogen-bond donors (Lipinski definition) is 2. The van der Waals surface area contributed by atoms with Crippen LogP contribution in [-0.4, -0.2) is 50.1 Å². The van der Waals surface area contributed by atoms with Gasteiger partial charge in [-0.15, -0.1) is 0 Å². The van der Waals surface area contributed by atoms with Crippen LogP contribution in [0.5, 0.6) is 0 Å². The van der Waals surface area contributed by atoms with Crippen LogP contribution in [0.3, 0.4) is 0 Å². The first-order chi connectivity index (χ1) is 6.94. The van der Waals surface area contributed by atoms with E-state index in [4.69, 9.17) is 0 Å². The van der Waals surface area contributed by atoms with Crippen LogP contribution < -0.4 is 10.6 Å². The van der Waals surface area contributed by atoms with Gasteiger partial charge in [0.25, 0.3) is 0 Å². The van der Waals surface area contributed by atoms with Crippen molar-refractivity contribution < 1.29 is 4.79 Å². The van der Waals surface area contributed by atoms with E-state index in [0.29, 0.717) is 0 Å². The van der Waals surface area contributed by atoms with Crippen LogP contribution in [0.25, 0.3) is 0 Å². The number of carbonyl (C=O) groups is 1. The highest BCUT2D eigenvalue weighted by Crippen LogP contribution is 2.17. The Morgan fingerprint density at radius 1 is 1.53 bits per heavy atom. The highest BCUT2D eigenvalue weighted by atomic mass is 16.2. The largest absolute Gasteiger partial charge is 0.358 e. The molecule has 4 heteroatoms. The van der Waals surface area contributed by atoms with E-state index in [-0.39, 0.29) is 17.4 Å². The normalized spacial score (nSPS) is 23.9. The summed E-state index contributed by atoms with van der Waals surface area (Å²) >= 11 is 0. The number of hydrogen-bond acceptors (Lipinski definition) is 3. The third-order valence-corrected chi connectivity index (χ3v) is 2.58. The highest BCUT2D eigenvalue weighted by molar-refractivity contribution is 5.81. The topological polar surface area (TPSA) is 44.4 Å². The van der Waals surface area contributed by atoms with Crippen molar-refractivity contribution in [3.05, 3.63) is 0 Å². The first kappa shape index (κ1) is 12.5. The quantitative estimate of drug-likeness (QED) is 0.681. The molecule has 15 heavy (non-hydrogen) atoms. The predicted octanol–water partition coefficient (Wildman–Crippen LogP) is 0.0523. The molecule has 1 unspecified atom stereocenters. The van der Waals surface area contributed by atoms with E-state index < -0.39 is 0 Å². The second kappa shape index (κ2) is 4.94. The van der Waals surface area contributed by atoms with E-state index in [1.54, 1.807) is 7.05 Å². The third-order valence-electron chi connectivity index (χ3n) is 2.58. The molecule has 0 saturated carbocycles. The van der Waals surface area contributed by atoms with Crippen LogP contribution in [-0.2, 0) is 4.79 Å². The second-order valence-electron chi connectivity index (χ2n) is 5.37. The maximum Gasteiger partial charge on any atom is 0.238 e. The summed E-state index contributed by atoms with van der Waals surface area (Å²) in [7, 11) is 1.70. The van der Waals surface area contributed by atoms with E-state index in [1.807, 2.05) is 0 Å². The van der Waals surface area contributed by atoms with Gasteiger partial charge in [0.2, 0.25) is 5.91 Å². The maximum absolute atomic E-state index is 11.7. The van der Waals surface area contributed by atoms with Crippen molar-refractivity contribution >= 4 is 5.91 Å². The molecule has 0 aliphatic carbocycles. The lowest BCUT2D eigenvalue weighted by Crippen LogP contribution is -2.58. The van der Waals surface area contributed by atoms with E-state index in [0.717, 1.165) is 26.2 Å². The van der Waals surface area contributed by atoms with Gasteiger partial charge >= 0.3 is 0 Å². The van der Waals surface area contributed by atoms with E-state index in [9.17, 15) is 4.79 Å². The highest BCUT2D eigenvalue weighted by Gasteiger charge is 2.30. The minimum absolute atomic E-state index is 0.0111. The third kappa shape index (κ3) is 3.80. The summed E-state index contributed by atoms with van der Waals surface area (Å²) in [4.78, 5) is 13.9. The van der Waals surface area contributed by atoms with Crippen LogP contribution in [0.15, 0.2) is 0 Å². The van der Waals surface area contributed by atoms with Gasteiger partial charge in [-0.05, 0) is 5.41 Å². The zero-order valence-electron chi connectivity index (χ0n) is 10.3. The summed E-state index contributed by atoms with van der Waals surface area (Å²) in [5, 5.41) is 5.99. The lowest BCUT2D eigenvalue weighted by atomic mass is 9.94. The van der Waals surface area contributed by atoms with Gasteiger partial charge in [0, 0.05) is 33.2 Å². The van der Waals surface area contributed by atoms with Crippen LogP contribution >= 0.6 is 0 Å².